The van der Waals surface area contributed by atoms with E-state index in [0.717, 1.165) is 0 Å². The van der Waals surface area contributed by atoms with Crippen LogP contribution < -0.4 is 0 Å². The van der Waals surface area contributed by atoms with E-state index in [4.69, 9.17) is 0 Å². The molecule has 2 heteroatoms. The van der Waals surface area contributed by atoms with Gasteiger partial charge in [0, 0.05) is 21.3 Å². The number of thioether (sulfide) groups is 2. The molecule has 0 aliphatic carbocycles. The highest BCUT2D eigenvalue weighted by Crippen LogP contribution is 2.41. The van der Waals surface area contributed by atoms with E-state index in [1.807, 2.05) is 23.5 Å². The van der Waals surface area contributed by atoms with Crippen LogP contribution in [-0.4, -0.2) is 11.5 Å². The van der Waals surface area contributed by atoms with Crippen LogP contribution in [0.5, 0.6) is 0 Å². The van der Waals surface area contributed by atoms with E-state index in [2.05, 4.69) is 39.8 Å². The molecule has 1 heterocycles. The van der Waals surface area contributed by atoms with E-state index in [0.29, 0.717) is 11.8 Å². The molecule has 1 aromatic rings. The molecule has 16 heavy (non-hydrogen) atoms. The molecule has 0 spiro atoms. The smallest absolute Gasteiger partial charge is 0.0211 e. The Labute approximate surface area is 108 Å². The normalized spacial score (nSPS) is 15.6. The summed E-state index contributed by atoms with van der Waals surface area (Å²) in [6.07, 6.45) is 0. The number of hydrogen-bond acceptors (Lipinski definition) is 2. The average Bonchev–Trinajstić information content (AvgIpc) is 2.27. The maximum Gasteiger partial charge on any atom is 0.0211 e. The fourth-order valence-corrected chi connectivity index (χ4v) is 4.40. The fraction of sp³-hybridized carbons (Fsp3) is 0.571. The van der Waals surface area contributed by atoms with Crippen molar-refractivity contribution in [3.8, 4) is 0 Å². The number of hydrogen-bond donors (Lipinski definition) is 0. The first-order chi connectivity index (χ1) is 7.59. The molecule has 0 nitrogen and oxygen atoms in total. The molecule has 0 N–H and O–H groups in total. The lowest BCUT2D eigenvalue weighted by Gasteiger charge is -2.22. The minimum Gasteiger partial charge on any atom is -0.124 e. The molecule has 88 valence electrons. The van der Waals surface area contributed by atoms with Crippen molar-refractivity contribution in [1.82, 2.24) is 0 Å². The first kappa shape index (κ1) is 12.4. The van der Waals surface area contributed by atoms with Crippen molar-refractivity contribution in [2.75, 3.05) is 11.5 Å². The Hall–Kier alpha value is -0.0800. The lowest BCUT2D eigenvalue weighted by molar-refractivity contribution is 0.779. The van der Waals surface area contributed by atoms with Gasteiger partial charge >= 0.3 is 0 Å². The molecular formula is C14H20S2. The van der Waals surface area contributed by atoms with Crippen molar-refractivity contribution >= 4 is 23.5 Å². The van der Waals surface area contributed by atoms with E-state index < -0.39 is 0 Å². The van der Waals surface area contributed by atoms with E-state index in [1.165, 1.54) is 21.3 Å². The molecular weight excluding hydrogens is 232 g/mol. The molecule has 0 amide bonds. The summed E-state index contributed by atoms with van der Waals surface area (Å²) in [7, 11) is 0. The molecule has 0 unspecified atom stereocenters. The van der Waals surface area contributed by atoms with Gasteiger partial charge in [-0.1, -0.05) is 27.7 Å². The molecule has 0 atom stereocenters. The number of benzene rings is 1. The first-order valence-corrected chi connectivity index (χ1v) is 8.00. The van der Waals surface area contributed by atoms with Gasteiger partial charge in [-0.3, -0.25) is 0 Å². The second-order valence-corrected chi connectivity index (χ2v) is 7.21. The van der Waals surface area contributed by atoms with Crippen LogP contribution >= 0.6 is 23.5 Å². The fourth-order valence-electron chi connectivity index (χ4n) is 2.12. The predicted molar refractivity (Wildman–Crippen MR) is 76.1 cm³/mol. The van der Waals surface area contributed by atoms with Gasteiger partial charge in [0.15, 0.2) is 0 Å². The zero-order chi connectivity index (χ0) is 11.7. The molecule has 0 saturated carbocycles. The third-order valence-electron chi connectivity index (χ3n) is 2.99. The molecule has 2 rings (SSSR count). The van der Waals surface area contributed by atoms with Gasteiger partial charge in [0.25, 0.3) is 0 Å². The molecule has 0 aromatic heterocycles. The van der Waals surface area contributed by atoms with Crippen molar-refractivity contribution < 1.29 is 0 Å². The van der Waals surface area contributed by atoms with Gasteiger partial charge in [0.05, 0.1) is 0 Å². The Bertz CT molecular complexity index is 344. The quantitative estimate of drug-likeness (QED) is 0.715. The van der Waals surface area contributed by atoms with Gasteiger partial charge < -0.3 is 0 Å². The van der Waals surface area contributed by atoms with Crippen molar-refractivity contribution in [3.05, 3.63) is 23.3 Å². The predicted octanol–water partition coefficient (Wildman–Crippen LogP) is 5.13. The van der Waals surface area contributed by atoms with Crippen LogP contribution in [0.1, 0.15) is 50.7 Å². The highest BCUT2D eigenvalue weighted by molar-refractivity contribution is 8.05. The molecule has 1 aliphatic rings. The Morgan fingerprint density at radius 2 is 1.19 bits per heavy atom. The maximum absolute atomic E-state index is 2.44. The summed E-state index contributed by atoms with van der Waals surface area (Å²) in [5.74, 6) is 3.79. The minimum atomic E-state index is 0.634. The largest absolute Gasteiger partial charge is 0.124 e. The zero-order valence-electron chi connectivity index (χ0n) is 10.5. The summed E-state index contributed by atoms with van der Waals surface area (Å²) in [6, 6.07) is 4.87. The van der Waals surface area contributed by atoms with Crippen LogP contribution in [0.15, 0.2) is 21.9 Å². The monoisotopic (exact) mass is 252 g/mol. The lowest BCUT2D eigenvalue weighted by Crippen LogP contribution is -2.03. The van der Waals surface area contributed by atoms with Gasteiger partial charge in [0.1, 0.15) is 0 Å². The SMILES string of the molecule is CC(C)c1cc2c(cc1C(C)C)SCCS2. The molecule has 0 fully saturated rings. The second-order valence-electron chi connectivity index (χ2n) is 4.93. The Morgan fingerprint density at radius 3 is 1.50 bits per heavy atom. The lowest BCUT2D eigenvalue weighted by atomic mass is 9.91. The Morgan fingerprint density at radius 1 is 0.812 bits per heavy atom. The van der Waals surface area contributed by atoms with Crippen LogP contribution in [0.25, 0.3) is 0 Å². The van der Waals surface area contributed by atoms with Gasteiger partial charge in [-0.25, -0.2) is 0 Å². The van der Waals surface area contributed by atoms with E-state index in [1.54, 1.807) is 11.1 Å². The average molecular weight is 252 g/mol. The van der Waals surface area contributed by atoms with Gasteiger partial charge in [-0.2, -0.15) is 0 Å². The van der Waals surface area contributed by atoms with Crippen molar-refractivity contribution in [2.24, 2.45) is 0 Å². The summed E-state index contributed by atoms with van der Waals surface area (Å²) in [5, 5.41) is 0. The molecule has 1 aliphatic heterocycles. The molecule has 0 radical (unpaired) electrons. The zero-order valence-corrected chi connectivity index (χ0v) is 12.2. The number of rotatable bonds is 2. The van der Waals surface area contributed by atoms with Gasteiger partial charge in [0.2, 0.25) is 0 Å². The summed E-state index contributed by atoms with van der Waals surface area (Å²) < 4.78 is 0. The van der Waals surface area contributed by atoms with Crippen molar-refractivity contribution in [3.63, 3.8) is 0 Å². The van der Waals surface area contributed by atoms with E-state index >= 15 is 0 Å². The summed E-state index contributed by atoms with van der Waals surface area (Å²) in [4.78, 5) is 3.01. The summed E-state index contributed by atoms with van der Waals surface area (Å²) in [5.41, 5.74) is 3.09. The third-order valence-corrected chi connectivity index (χ3v) is 5.49. The van der Waals surface area contributed by atoms with Gasteiger partial charge in [-0.05, 0) is 35.1 Å². The van der Waals surface area contributed by atoms with Crippen molar-refractivity contribution in [2.45, 2.75) is 49.3 Å². The standard InChI is InChI=1S/C14H20S2/c1-9(2)11-7-13-14(16-6-5-15-13)8-12(11)10(3)4/h7-10H,5-6H2,1-4H3. The van der Waals surface area contributed by atoms with Crippen LogP contribution in [0.3, 0.4) is 0 Å². The number of fused-ring (bicyclic) bond motifs is 1. The van der Waals surface area contributed by atoms with Crippen LogP contribution in [0.2, 0.25) is 0 Å². The minimum absolute atomic E-state index is 0.634. The maximum atomic E-state index is 2.44. The van der Waals surface area contributed by atoms with E-state index in [9.17, 15) is 0 Å². The van der Waals surface area contributed by atoms with E-state index in [-0.39, 0.29) is 0 Å². The second kappa shape index (κ2) is 5.05. The molecule has 1 aromatic carbocycles. The third kappa shape index (κ3) is 2.43. The molecule has 0 bridgehead atoms. The van der Waals surface area contributed by atoms with Crippen LogP contribution in [0.4, 0.5) is 0 Å². The summed E-state index contributed by atoms with van der Waals surface area (Å²) >= 11 is 4.04. The van der Waals surface area contributed by atoms with Crippen molar-refractivity contribution in [1.29, 1.82) is 0 Å². The van der Waals surface area contributed by atoms with Crippen LogP contribution in [-0.2, 0) is 0 Å². The summed E-state index contributed by atoms with van der Waals surface area (Å²) in [6.45, 7) is 9.20. The molecule has 0 saturated heterocycles. The highest BCUT2D eigenvalue weighted by Gasteiger charge is 2.17. The van der Waals surface area contributed by atoms with Crippen LogP contribution in [0, 0.1) is 0 Å². The Balaban J connectivity index is 2.50. The topological polar surface area (TPSA) is 0 Å². The highest BCUT2D eigenvalue weighted by atomic mass is 32.2. The first-order valence-electron chi connectivity index (χ1n) is 6.03. The van der Waals surface area contributed by atoms with Gasteiger partial charge in [-0.15, -0.1) is 23.5 Å². The Kier molecular flexibility index (Phi) is 3.91.